The molecular weight excluding hydrogens is 276 g/mol. The van der Waals surface area contributed by atoms with Gasteiger partial charge in [-0.05, 0) is 12.6 Å². The monoisotopic (exact) mass is 298 g/mol. The number of nitrogens with zero attached hydrogens (tertiary/aromatic N) is 1. The van der Waals surface area contributed by atoms with Gasteiger partial charge in [0.25, 0.3) is 0 Å². The normalized spacial score (nSPS) is 12.2. The molecule has 1 atom stereocenters. The summed E-state index contributed by atoms with van der Waals surface area (Å²) >= 11 is 5.20. The highest BCUT2D eigenvalue weighted by molar-refractivity contribution is 7.80. The van der Waals surface area contributed by atoms with Gasteiger partial charge >= 0.3 is 0 Å². The zero-order chi connectivity index (χ0) is 15.1. The minimum atomic E-state index is -0.299. The molecule has 0 spiro atoms. The van der Waals surface area contributed by atoms with E-state index in [4.69, 9.17) is 27.4 Å². The number of likely N-dealkylation sites (N-methyl/N-ethyl adjacent to an activating group) is 1. The molecule has 0 fully saturated rings. The van der Waals surface area contributed by atoms with Gasteiger partial charge in [-0.1, -0.05) is 31.3 Å². The van der Waals surface area contributed by atoms with Gasteiger partial charge in [0.1, 0.15) is 0 Å². The first-order valence-electron chi connectivity index (χ1n) is 6.45. The smallest absolute Gasteiger partial charge is 0.165 e. The van der Waals surface area contributed by atoms with Crippen LogP contribution in [0.15, 0.2) is 18.2 Å². The van der Waals surface area contributed by atoms with E-state index in [-0.39, 0.29) is 12.6 Å². The molecule has 1 unspecified atom stereocenters. The molecule has 0 amide bonds. The fraction of sp³-hybridized carbons (Fsp3) is 0.500. The predicted molar refractivity (Wildman–Crippen MR) is 83.4 cm³/mol. The van der Waals surface area contributed by atoms with Crippen molar-refractivity contribution in [3.63, 3.8) is 0 Å². The Morgan fingerprint density at radius 1 is 1.40 bits per heavy atom. The third-order valence-electron chi connectivity index (χ3n) is 3.16. The zero-order valence-electron chi connectivity index (χ0n) is 12.1. The first-order valence-corrected chi connectivity index (χ1v) is 6.86. The van der Waals surface area contributed by atoms with Gasteiger partial charge in [0.15, 0.2) is 11.5 Å². The van der Waals surface area contributed by atoms with Crippen LogP contribution < -0.4 is 15.2 Å². The van der Waals surface area contributed by atoms with Crippen molar-refractivity contribution in [2.45, 2.75) is 13.0 Å². The molecule has 0 bridgehead atoms. The van der Waals surface area contributed by atoms with Crippen molar-refractivity contribution < 1.29 is 14.6 Å². The summed E-state index contributed by atoms with van der Waals surface area (Å²) in [5.74, 6) is 1.25. The number of ether oxygens (including phenoxy) is 2. The lowest BCUT2D eigenvalue weighted by atomic mass is 10.0. The number of aliphatic hydroxyl groups excluding tert-OH is 1. The van der Waals surface area contributed by atoms with Gasteiger partial charge < -0.3 is 20.3 Å². The number of hydrogen-bond acceptors (Lipinski definition) is 5. The van der Waals surface area contributed by atoms with Crippen LogP contribution >= 0.6 is 12.2 Å². The Kier molecular flexibility index (Phi) is 6.70. The van der Waals surface area contributed by atoms with Crippen LogP contribution in [-0.2, 0) is 0 Å². The van der Waals surface area contributed by atoms with Crippen LogP contribution in [0.3, 0.4) is 0 Å². The Hall–Kier alpha value is -1.37. The van der Waals surface area contributed by atoms with Crippen molar-refractivity contribution in [3.05, 3.63) is 23.8 Å². The highest BCUT2D eigenvalue weighted by Crippen LogP contribution is 2.36. The van der Waals surface area contributed by atoms with E-state index in [9.17, 15) is 5.11 Å². The average Bonchev–Trinajstić information content (AvgIpc) is 2.45. The summed E-state index contributed by atoms with van der Waals surface area (Å²) in [7, 11) is 3.17. The molecule has 0 aliphatic rings. The summed E-state index contributed by atoms with van der Waals surface area (Å²) in [6.07, 6.45) is 0. The van der Waals surface area contributed by atoms with Gasteiger partial charge in [-0.2, -0.15) is 0 Å². The summed E-state index contributed by atoms with van der Waals surface area (Å²) < 4.78 is 10.7. The summed E-state index contributed by atoms with van der Waals surface area (Å²) in [5.41, 5.74) is 6.74. The second kappa shape index (κ2) is 8.04. The maximum absolute atomic E-state index is 9.19. The van der Waals surface area contributed by atoms with E-state index in [0.717, 1.165) is 5.56 Å². The number of aliphatic hydroxyl groups is 1. The maximum Gasteiger partial charge on any atom is 0.165 e. The fourth-order valence-corrected chi connectivity index (χ4v) is 2.53. The van der Waals surface area contributed by atoms with Gasteiger partial charge in [-0.3, -0.25) is 4.90 Å². The van der Waals surface area contributed by atoms with Crippen molar-refractivity contribution >= 4 is 17.2 Å². The lowest BCUT2D eigenvalue weighted by Crippen LogP contribution is -2.38. The Morgan fingerprint density at radius 3 is 2.55 bits per heavy atom. The molecule has 3 N–H and O–H groups in total. The first-order chi connectivity index (χ1) is 9.60. The van der Waals surface area contributed by atoms with E-state index in [1.54, 1.807) is 14.2 Å². The highest BCUT2D eigenvalue weighted by atomic mass is 32.1. The van der Waals surface area contributed by atoms with Crippen molar-refractivity contribution in [3.8, 4) is 11.5 Å². The SMILES string of the molecule is CCN(CCO)C(C(N)=S)c1cccc(OC)c1OC. The molecule has 5 nitrogen and oxygen atoms in total. The molecule has 1 aromatic carbocycles. The number of para-hydroxylation sites is 1. The quantitative estimate of drug-likeness (QED) is 0.706. The highest BCUT2D eigenvalue weighted by Gasteiger charge is 2.26. The molecule has 0 saturated heterocycles. The van der Waals surface area contributed by atoms with Crippen LogP contribution in [-0.4, -0.2) is 48.9 Å². The van der Waals surface area contributed by atoms with E-state index >= 15 is 0 Å². The third-order valence-corrected chi connectivity index (χ3v) is 3.38. The van der Waals surface area contributed by atoms with E-state index < -0.39 is 0 Å². The van der Waals surface area contributed by atoms with Gasteiger partial charge in [0.05, 0.1) is 31.9 Å². The van der Waals surface area contributed by atoms with Gasteiger partial charge in [-0.15, -0.1) is 0 Å². The van der Waals surface area contributed by atoms with Crippen molar-refractivity contribution in [1.29, 1.82) is 0 Å². The number of thiocarbonyl (C=S) groups is 1. The standard InChI is InChI=1S/C14H22N2O3S/c1-4-16(8-9-17)12(14(15)20)10-6-5-7-11(18-2)13(10)19-3/h5-7,12,17H,4,8-9H2,1-3H3,(H2,15,20). The van der Waals surface area contributed by atoms with Gasteiger partial charge in [0, 0.05) is 12.1 Å². The minimum absolute atomic E-state index is 0.0409. The summed E-state index contributed by atoms with van der Waals surface area (Å²) in [6.45, 7) is 3.23. The third kappa shape index (κ3) is 3.59. The summed E-state index contributed by atoms with van der Waals surface area (Å²) in [5, 5.41) is 9.19. The molecular formula is C14H22N2O3S. The first kappa shape index (κ1) is 16.7. The number of rotatable bonds is 8. The summed E-state index contributed by atoms with van der Waals surface area (Å²) in [4.78, 5) is 2.34. The molecule has 0 aliphatic heterocycles. The van der Waals surface area contributed by atoms with E-state index in [1.165, 1.54) is 0 Å². The Bertz CT molecular complexity index is 454. The molecule has 0 saturated carbocycles. The maximum atomic E-state index is 9.19. The molecule has 112 valence electrons. The lowest BCUT2D eigenvalue weighted by Gasteiger charge is -2.31. The van der Waals surface area contributed by atoms with Crippen LogP contribution in [0.5, 0.6) is 11.5 Å². The molecule has 0 aromatic heterocycles. The molecule has 20 heavy (non-hydrogen) atoms. The van der Waals surface area contributed by atoms with Crippen molar-refractivity contribution in [2.75, 3.05) is 33.9 Å². The number of hydrogen-bond donors (Lipinski definition) is 2. The molecule has 1 aromatic rings. The average molecular weight is 298 g/mol. The van der Waals surface area contributed by atoms with Crippen molar-refractivity contribution in [2.24, 2.45) is 5.73 Å². The molecule has 6 heteroatoms. The van der Waals surface area contributed by atoms with Crippen molar-refractivity contribution in [1.82, 2.24) is 4.90 Å². The molecule has 0 radical (unpaired) electrons. The largest absolute Gasteiger partial charge is 0.493 e. The van der Waals surface area contributed by atoms with E-state index in [2.05, 4.69) is 0 Å². The predicted octanol–water partition coefficient (Wildman–Crippen LogP) is 1.35. The van der Waals surface area contributed by atoms with Crippen LogP contribution in [0.1, 0.15) is 18.5 Å². The number of methoxy groups -OCH3 is 2. The van der Waals surface area contributed by atoms with Crippen LogP contribution in [0.2, 0.25) is 0 Å². The number of benzene rings is 1. The van der Waals surface area contributed by atoms with E-state index in [1.807, 2.05) is 30.0 Å². The topological polar surface area (TPSA) is 68.0 Å². The lowest BCUT2D eigenvalue weighted by molar-refractivity contribution is 0.183. The van der Waals surface area contributed by atoms with Gasteiger partial charge in [-0.25, -0.2) is 0 Å². The van der Waals surface area contributed by atoms with Crippen LogP contribution in [0.4, 0.5) is 0 Å². The second-order valence-electron chi connectivity index (χ2n) is 4.24. The van der Waals surface area contributed by atoms with E-state index in [0.29, 0.717) is 29.6 Å². The summed E-state index contributed by atoms with van der Waals surface area (Å²) in [6, 6.07) is 5.30. The second-order valence-corrected chi connectivity index (χ2v) is 4.71. The Morgan fingerprint density at radius 2 is 2.10 bits per heavy atom. The van der Waals surface area contributed by atoms with Gasteiger partial charge in [0.2, 0.25) is 0 Å². The minimum Gasteiger partial charge on any atom is -0.493 e. The molecule has 0 aliphatic carbocycles. The zero-order valence-corrected chi connectivity index (χ0v) is 12.9. The number of nitrogens with two attached hydrogens (primary N) is 1. The molecule has 0 heterocycles. The molecule has 1 rings (SSSR count). The Balaban J connectivity index is 3.31. The van der Waals surface area contributed by atoms with Crippen LogP contribution in [0, 0.1) is 0 Å². The fourth-order valence-electron chi connectivity index (χ4n) is 2.26. The van der Waals surface area contributed by atoms with Crippen LogP contribution in [0.25, 0.3) is 0 Å². The Labute approximate surface area is 125 Å².